The van der Waals surface area contributed by atoms with Crippen LogP contribution in [0.25, 0.3) is 0 Å². The van der Waals surface area contributed by atoms with Gasteiger partial charge in [-0.1, -0.05) is 6.58 Å². The number of amides is 1. The molecule has 0 aliphatic rings. The molecule has 1 N–H and O–H groups in total. The minimum Gasteiger partial charge on any atom is -0.347 e. The zero-order valence-electron chi connectivity index (χ0n) is 7.12. The van der Waals surface area contributed by atoms with Crippen LogP contribution in [0.3, 0.4) is 0 Å². The molecular weight excluding hydrogens is 236 g/mol. The van der Waals surface area contributed by atoms with Crippen molar-refractivity contribution in [3.05, 3.63) is 23.0 Å². The largest absolute Gasteiger partial charge is 0.347 e. The molecule has 0 fully saturated rings. The summed E-state index contributed by atoms with van der Waals surface area (Å²) in [5.74, 6) is -0.224. The number of aromatic nitrogens is 3. The molecule has 0 aromatic carbocycles. The highest BCUT2D eigenvalue weighted by Gasteiger charge is 2.06. The van der Waals surface area contributed by atoms with Gasteiger partial charge in [-0.05, 0) is 22.0 Å². The number of hydrogen-bond acceptors (Lipinski definition) is 3. The fourth-order valence-corrected chi connectivity index (χ4v) is 1.22. The van der Waals surface area contributed by atoms with Gasteiger partial charge in [-0.3, -0.25) is 4.79 Å². The molecule has 5 nitrogen and oxygen atoms in total. The molecule has 1 rings (SSSR count). The van der Waals surface area contributed by atoms with E-state index in [-0.39, 0.29) is 5.91 Å². The van der Waals surface area contributed by atoms with Crippen LogP contribution in [-0.4, -0.2) is 20.9 Å². The molecule has 0 saturated heterocycles. The Balaban J connectivity index is 2.59. The van der Waals surface area contributed by atoms with E-state index in [0.717, 1.165) is 0 Å². The van der Waals surface area contributed by atoms with E-state index >= 15 is 0 Å². The predicted octanol–water partition coefficient (Wildman–Crippen LogP) is 0.380. The molecule has 0 atom stereocenters. The van der Waals surface area contributed by atoms with E-state index < -0.39 is 0 Å². The second-order valence-corrected chi connectivity index (χ2v) is 3.10. The van der Waals surface area contributed by atoms with E-state index in [2.05, 4.69) is 38.0 Å². The maximum Gasteiger partial charge on any atom is 0.243 e. The molecule has 0 saturated carbocycles. The number of aryl methyl sites for hydroxylation is 1. The molecule has 70 valence electrons. The molecule has 0 aliphatic heterocycles. The predicted molar refractivity (Wildman–Crippen MR) is 50.7 cm³/mol. The summed E-state index contributed by atoms with van der Waals surface area (Å²) >= 11 is 3.22. The normalized spacial score (nSPS) is 9.69. The first-order valence-corrected chi connectivity index (χ1v) is 4.38. The molecule has 1 heterocycles. The maximum atomic E-state index is 10.8. The number of hydrogen-bond donors (Lipinski definition) is 1. The number of carbonyl (C=O) groups is 1. The summed E-state index contributed by atoms with van der Waals surface area (Å²) in [6, 6.07) is 0. The van der Waals surface area contributed by atoms with Gasteiger partial charge in [0.2, 0.25) is 5.91 Å². The van der Waals surface area contributed by atoms with Crippen LogP contribution in [0.15, 0.2) is 17.3 Å². The van der Waals surface area contributed by atoms with E-state index in [4.69, 9.17) is 0 Å². The van der Waals surface area contributed by atoms with E-state index in [0.29, 0.717) is 16.8 Å². The van der Waals surface area contributed by atoms with Crippen molar-refractivity contribution in [1.82, 2.24) is 20.3 Å². The minimum absolute atomic E-state index is 0.224. The first-order valence-electron chi connectivity index (χ1n) is 3.59. The number of carbonyl (C=O) groups excluding carboxylic acids is 1. The second kappa shape index (κ2) is 4.18. The standard InChI is InChI=1S/C7H9BrN4O/c1-3-6(13)9-4-5-7(8)11-12(2)10-5/h3H,1,4H2,2H3,(H,9,13). The molecule has 1 amide bonds. The summed E-state index contributed by atoms with van der Waals surface area (Å²) in [5, 5.41) is 10.6. The van der Waals surface area contributed by atoms with Crippen LogP contribution in [-0.2, 0) is 18.4 Å². The minimum atomic E-state index is -0.224. The molecule has 0 bridgehead atoms. The Hall–Kier alpha value is -1.17. The lowest BCUT2D eigenvalue weighted by atomic mass is 10.4. The zero-order chi connectivity index (χ0) is 9.84. The molecule has 1 aromatic heterocycles. The van der Waals surface area contributed by atoms with Gasteiger partial charge >= 0.3 is 0 Å². The van der Waals surface area contributed by atoms with Crippen molar-refractivity contribution in [2.75, 3.05) is 0 Å². The lowest BCUT2D eigenvalue weighted by molar-refractivity contribution is -0.116. The Morgan fingerprint density at radius 2 is 2.46 bits per heavy atom. The molecule has 6 heteroatoms. The molecular formula is C7H9BrN4O. The van der Waals surface area contributed by atoms with Gasteiger partial charge in [0.05, 0.1) is 6.54 Å². The fraction of sp³-hybridized carbons (Fsp3) is 0.286. The van der Waals surface area contributed by atoms with Crippen LogP contribution in [0.2, 0.25) is 0 Å². The third-order valence-corrected chi connectivity index (χ3v) is 1.97. The molecule has 0 aliphatic carbocycles. The maximum absolute atomic E-state index is 10.8. The third-order valence-electron chi connectivity index (χ3n) is 1.35. The Bertz CT molecular complexity index is 333. The van der Waals surface area contributed by atoms with Gasteiger partial charge < -0.3 is 5.32 Å². The highest BCUT2D eigenvalue weighted by Crippen LogP contribution is 2.09. The van der Waals surface area contributed by atoms with Crippen molar-refractivity contribution in [3.63, 3.8) is 0 Å². The topological polar surface area (TPSA) is 59.8 Å². The molecule has 0 radical (unpaired) electrons. The van der Waals surface area contributed by atoms with Crippen LogP contribution in [0, 0.1) is 0 Å². The van der Waals surface area contributed by atoms with Gasteiger partial charge in [-0.25, -0.2) is 0 Å². The fourth-order valence-electron chi connectivity index (χ4n) is 0.774. The summed E-state index contributed by atoms with van der Waals surface area (Å²) in [4.78, 5) is 12.2. The van der Waals surface area contributed by atoms with E-state index in [1.807, 2.05) is 0 Å². The number of nitrogens with one attached hydrogen (secondary N) is 1. The van der Waals surface area contributed by atoms with Crippen LogP contribution < -0.4 is 5.32 Å². The molecule has 0 spiro atoms. The third kappa shape index (κ3) is 2.66. The number of nitrogens with zero attached hydrogens (tertiary/aromatic N) is 3. The van der Waals surface area contributed by atoms with Crippen LogP contribution in [0.5, 0.6) is 0 Å². The van der Waals surface area contributed by atoms with Crippen LogP contribution in [0.4, 0.5) is 0 Å². The van der Waals surface area contributed by atoms with Crippen LogP contribution >= 0.6 is 15.9 Å². The average molecular weight is 245 g/mol. The molecule has 1 aromatic rings. The van der Waals surface area contributed by atoms with E-state index in [1.165, 1.54) is 10.9 Å². The van der Waals surface area contributed by atoms with Crippen molar-refractivity contribution in [2.45, 2.75) is 6.54 Å². The lowest BCUT2D eigenvalue weighted by Crippen LogP contribution is -2.20. The number of rotatable bonds is 3. The van der Waals surface area contributed by atoms with Gasteiger partial charge in [0.25, 0.3) is 0 Å². The quantitative estimate of drug-likeness (QED) is 0.783. The Labute approximate surface area is 83.9 Å². The van der Waals surface area contributed by atoms with Gasteiger partial charge in [0, 0.05) is 7.05 Å². The summed E-state index contributed by atoms with van der Waals surface area (Å²) in [5.41, 5.74) is 0.692. The van der Waals surface area contributed by atoms with Crippen molar-refractivity contribution < 1.29 is 4.79 Å². The van der Waals surface area contributed by atoms with E-state index in [1.54, 1.807) is 7.05 Å². The van der Waals surface area contributed by atoms with Gasteiger partial charge in [-0.15, -0.1) is 5.10 Å². The van der Waals surface area contributed by atoms with E-state index in [9.17, 15) is 4.79 Å². The summed E-state index contributed by atoms with van der Waals surface area (Å²) in [6.07, 6.45) is 1.21. The molecule has 13 heavy (non-hydrogen) atoms. The first-order chi connectivity index (χ1) is 6.13. The highest BCUT2D eigenvalue weighted by molar-refractivity contribution is 9.10. The van der Waals surface area contributed by atoms with Crippen LogP contribution in [0.1, 0.15) is 5.69 Å². The van der Waals surface area contributed by atoms with Gasteiger partial charge in [0.1, 0.15) is 5.69 Å². The zero-order valence-corrected chi connectivity index (χ0v) is 8.71. The second-order valence-electron chi connectivity index (χ2n) is 2.35. The highest BCUT2D eigenvalue weighted by atomic mass is 79.9. The Morgan fingerprint density at radius 3 is 2.92 bits per heavy atom. The summed E-state index contributed by atoms with van der Waals surface area (Å²) < 4.78 is 0.638. The summed E-state index contributed by atoms with van der Waals surface area (Å²) in [7, 11) is 1.71. The number of halogens is 1. The van der Waals surface area contributed by atoms with Gasteiger partial charge in [-0.2, -0.15) is 9.90 Å². The van der Waals surface area contributed by atoms with Crippen molar-refractivity contribution >= 4 is 21.8 Å². The van der Waals surface area contributed by atoms with Crippen molar-refractivity contribution in [2.24, 2.45) is 7.05 Å². The summed E-state index contributed by atoms with van der Waals surface area (Å²) in [6.45, 7) is 3.68. The van der Waals surface area contributed by atoms with Crippen molar-refractivity contribution in [3.8, 4) is 0 Å². The SMILES string of the molecule is C=CC(=O)NCc1nn(C)nc1Br. The average Bonchev–Trinajstić information content (AvgIpc) is 2.41. The first kappa shape index (κ1) is 9.91. The monoisotopic (exact) mass is 244 g/mol. The Kier molecular flexibility index (Phi) is 3.18. The van der Waals surface area contributed by atoms with Gasteiger partial charge in [0.15, 0.2) is 4.60 Å². The smallest absolute Gasteiger partial charge is 0.243 e. The van der Waals surface area contributed by atoms with Crippen molar-refractivity contribution in [1.29, 1.82) is 0 Å². The Morgan fingerprint density at radius 1 is 1.77 bits per heavy atom. The molecule has 0 unspecified atom stereocenters. The lowest BCUT2D eigenvalue weighted by Gasteiger charge is -1.97.